The molecule has 2 aromatic carbocycles. The highest BCUT2D eigenvalue weighted by molar-refractivity contribution is 5.82. The number of aliphatic hydroxyl groups excluding tert-OH is 1. The average Bonchev–Trinajstić information content (AvgIpc) is 3.29. The van der Waals surface area contributed by atoms with Crippen molar-refractivity contribution in [2.45, 2.75) is 12.6 Å². The lowest BCUT2D eigenvalue weighted by molar-refractivity contribution is 0.0938. The molecule has 200 valence electrons. The summed E-state index contributed by atoms with van der Waals surface area (Å²) in [5.74, 6) is 2.47. The van der Waals surface area contributed by atoms with Crippen molar-refractivity contribution in [3.05, 3.63) is 68.9 Å². The van der Waals surface area contributed by atoms with E-state index in [0.29, 0.717) is 28.6 Å². The summed E-state index contributed by atoms with van der Waals surface area (Å²) >= 11 is 0. The van der Waals surface area contributed by atoms with E-state index in [2.05, 4.69) is 20.5 Å². The fourth-order valence-corrected chi connectivity index (χ4v) is 3.72. The molecule has 0 saturated heterocycles. The minimum atomic E-state index is -1.03. The van der Waals surface area contributed by atoms with Crippen molar-refractivity contribution in [3.8, 4) is 23.0 Å². The van der Waals surface area contributed by atoms with Crippen LogP contribution in [0.15, 0.2) is 57.2 Å². The number of anilines is 1. The highest BCUT2D eigenvalue weighted by Gasteiger charge is 2.20. The van der Waals surface area contributed by atoms with Gasteiger partial charge in [0.1, 0.15) is 24.2 Å². The number of rotatable bonds is 11. The maximum absolute atomic E-state index is 12.7. The number of H-pyrrole nitrogens is 1. The second kappa shape index (κ2) is 11.5. The number of ether oxygens (including phenoxy) is 4. The van der Waals surface area contributed by atoms with Crippen LogP contribution < -0.4 is 35.6 Å². The molecule has 4 aromatic rings. The molecule has 0 bridgehead atoms. The zero-order valence-electron chi connectivity index (χ0n) is 21.3. The van der Waals surface area contributed by atoms with Crippen LogP contribution in [-0.2, 0) is 13.6 Å². The van der Waals surface area contributed by atoms with Gasteiger partial charge in [0.15, 0.2) is 22.7 Å². The highest BCUT2D eigenvalue weighted by Crippen LogP contribution is 2.27. The van der Waals surface area contributed by atoms with Gasteiger partial charge in [-0.3, -0.25) is 14.3 Å². The van der Waals surface area contributed by atoms with E-state index in [0.717, 1.165) is 0 Å². The topological polar surface area (TPSA) is 154 Å². The first-order valence-electron chi connectivity index (χ1n) is 11.5. The van der Waals surface area contributed by atoms with Crippen molar-refractivity contribution in [2.24, 2.45) is 12.1 Å². The monoisotopic (exact) mass is 524 g/mol. The molecule has 2 aromatic heterocycles. The number of benzene rings is 2. The van der Waals surface area contributed by atoms with E-state index in [4.69, 9.17) is 18.9 Å². The molecule has 13 nitrogen and oxygen atoms in total. The zero-order valence-corrected chi connectivity index (χ0v) is 21.3. The number of nitrogens with one attached hydrogen (secondary N) is 2. The van der Waals surface area contributed by atoms with Crippen LogP contribution in [0.3, 0.4) is 0 Å². The maximum atomic E-state index is 12.7. The number of fused-ring (bicyclic) bond motifs is 1. The molecule has 0 saturated carbocycles. The van der Waals surface area contributed by atoms with Crippen LogP contribution in [0.1, 0.15) is 5.56 Å². The molecule has 2 heterocycles. The molecule has 0 aliphatic carbocycles. The van der Waals surface area contributed by atoms with Gasteiger partial charge in [-0.25, -0.2) is 10.2 Å². The van der Waals surface area contributed by atoms with Crippen molar-refractivity contribution < 1.29 is 24.1 Å². The van der Waals surface area contributed by atoms with Gasteiger partial charge in [0, 0.05) is 7.05 Å². The summed E-state index contributed by atoms with van der Waals surface area (Å²) in [7, 11) is 6.13. The maximum Gasteiger partial charge on any atom is 0.329 e. The quantitative estimate of drug-likeness (QED) is 0.195. The fraction of sp³-hybridized carbons (Fsp3) is 0.280. The first-order valence-corrected chi connectivity index (χ1v) is 11.5. The lowest BCUT2D eigenvalue weighted by Gasteiger charge is -2.15. The molecule has 4 rings (SSSR count). The Labute approximate surface area is 216 Å². The van der Waals surface area contributed by atoms with Crippen LogP contribution in [-0.4, -0.2) is 64.5 Å². The normalized spacial score (nSPS) is 12.0. The van der Waals surface area contributed by atoms with Crippen LogP contribution in [0.4, 0.5) is 5.95 Å². The first kappa shape index (κ1) is 26.3. The molecular formula is C25H28N6O7. The molecule has 0 amide bonds. The number of aryl methyl sites for hydroxylation is 1. The summed E-state index contributed by atoms with van der Waals surface area (Å²) in [5, 5.41) is 14.9. The van der Waals surface area contributed by atoms with E-state index in [-0.39, 0.29) is 30.3 Å². The zero-order chi connectivity index (χ0) is 27.2. The van der Waals surface area contributed by atoms with Gasteiger partial charge >= 0.3 is 5.69 Å². The van der Waals surface area contributed by atoms with E-state index in [1.165, 1.54) is 29.5 Å². The number of nitrogens with zero attached hydrogens (tertiary/aromatic N) is 4. The smallest absolute Gasteiger partial charge is 0.329 e. The number of hydrogen-bond donors (Lipinski definition) is 3. The molecule has 0 unspecified atom stereocenters. The Morgan fingerprint density at radius 3 is 2.45 bits per heavy atom. The number of aliphatic hydroxyl groups is 1. The van der Waals surface area contributed by atoms with E-state index in [1.807, 2.05) is 0 Å². The summed E-state index contributed by atoms with van der Waals surface area (Å²) in [6.45, 7) is -0.133. The molecule has 0 fully saturated rings. The third kappa shape index (κ3) is 5.62. The standard InChI is InChI=1S/C25H28N6O7/c1-30-22-21(23(33)28-25(30)34)31(13-16(32)14-38-18-8-6-17(35-2)7-9-18)24(27-22)29-26-12-15-5-10-19(36-3)20(11-15)37-4/h5-12,16,32H,13-14H2,1-4H3,(H,27,29)(H,28,33,34)/b26-12-/t16-/m0/s1. The van der Waals surface area contributed by atoms with E-state index in [9.17, 15) is 14.7 Å². The molecule has 0 spiro atoms. The van der Waals surface area contributed by atoms with Gasteiger partial charge < -0.3 is 28.6 Å². The first-order chi connectivity index (χ1) is 18.3. The predicted octanol–water partition coefficient (Wildman–Crippen LogP) is 1.33. The number of aromatic amines is 1. The largest absolute Gasteiger partial charge is 0.497 e. The number of hydrazone groups is 1. The second-order valence-corrected chi connectivity index (χ2v) is 8.16. The summed E-state index contributed by atoms with van der Waals surface area (Å²) in [4.78, 5) is 31.5. The van der Waals surface area contributed by atoms with Crippen LogP contribution in [0.25, 0.3) is 11.2 Å². The average molecular weight is 525 g/mol. The Kier molecular flexibility index (Phi) is 7.97. The Morgan fingerprint density at radius 2 is 1.76 bits per heavy atom. The Morgan fingerprint density at radius 1 is 1.05 bits per heavy atom. The van der Waals surface area contributed by atoms with Gasteiger partial charge in [0.05, 0.1) is 34.1 Å². The van der Waals surface area contributed by atoms with Gasteiger partial charge in [0.25, 0.3) is 5.56 Å². The van der Waals surface area contributed by atoms with E-state index >= 15 is 0 Å². The fourth-order valence-electron chi connectivity index (χ4n) is 3.72. The summed E-state index contributed by atoms with van der Waals surface area (Å²) in [6, 6.07) is 12.2. The van der Waals surface area contributed by atoms with Crippen LogP contribution in [0.5, 0.6) is 23.0 Å². The Hall–Kier alpha value is -4.78. The number of aromatic nitrogens is 4. The summed E-state index contributed by atoms with van der Waals surface area (Å²) in [6.07, 6.45) is 0.500. The molecular weight excluding hydrogens is 496 g/mol. The van der Waals surface area contributed by atoms with Gasteiger partial charge in [-0.05, 0) is 48.0 Å². The van der Waals surface area contributed by atoms with Crippen molar-refractivity contribution in [3.63, 3.8) is 0 Å². The number of methoxy groups -OCH3 is 3. The SMILES string of the molecule is COc1ccc(OC[C@@H](O)Cn2c(N/N=C\c3ccc(OC)c(OC)c3)nc3c2c(=O)[nH]c(=O)n3C)cc1. The lowest BCUT2D eigenvalue weighted by atomic mass is 10.2. The van der Waals surface area contributed by atoms with Crippen molar-refractivity contribution in [1.29, 1.82) is 0 Å². The predicted molar refractivity (Wildman–Crippen MR) is 141 cm³/mol. The third-order valence-electron chi connectivity index (χ3n) is 5.69. The molecule has 1 atom stereocenters. The van der Waals surface area contributed by atoms with Gasteiger partial charge in [0.2, 0.25) is 5.95 Å². The Bertz CT molecular complexity index is 1560. The molecule has 3 N–H and O–H groups in total. The minimum absolute atomic E-state index is 0.0655. The number of hydrogen-bond acceptors (Lipinski definition) is 10. The molecule has 0 radical (unpaired) electrons. The molecule has 13 heteroatoms. The van der Waals surface area contributed by atoms with Gasteiger partial charge in [-0.1, -0.05) is 0 Å². The molecule has 38 heavy (non-hydrogen) atoms. The highest BCUT2D eigenvalue weighted by atomic mass is 16.5. The van der Waals surface area contributed by atoms with Crippen molar-refractivity contribution >= 4 is 23.3 Å². The van der Waals surface area contributed by atoms with Gasteiger partial charge in [-0.15, -0.1) is 0 Å². The minimum Gasteiger partial charge on any atom is -0.497 e. The van der Waals surface area contributed by atoms with Gasteiger partial charge in [-0.2, -0.15) is 10.1 Å². The summed E-state index contributed by atoms with van der Waals surface area (Å²) in [5.41, 5.74) is 2.47. The van der Waals surface area contributed by atoms with E-state index in [1.54, 1.807) is 56.7 Å². The van der Waals surface area contributed by atoms with Crippen LogP contribution >= 0.6 is 0 Å². The molecule has 0 aliphatic heterocycles. The van der Waals surface area contributed by atoms with Crippen LogP contribution in [0, 0.1) is 0 Å². The van der Waals surface area contributed by atoms with Crippen molar-refractivity contribution in [2.75, 3.05) is 33.4 Å². The van der Waals surface area contributed by atoms with E-state index < -0.39 is 17.4 Å². The number of imidazole rings is 1. The third-order valence-corrected chi connectivity index (χ3v) is 5.69. The summed E-state index contributed by atoms with van der Waals surface area (Å²) < 4.78 is 24.0. The van der Waals surface area contributed by atoms with Crippen molar-refractivity contribution in [1.82, 2.24) is 19.1 Å². The lowest BCUT2D eigenvalue weighted by Crippen LogP contribution is -2.30. The second-order valence-electron chi connectivity index (χ2n) is 8.16. The molecule has 0 aliphatic rings. The Balaban J connectivity index is 1.59. The van der Waals surface area contributed by atoms with Crippen LogP contribution in [0.2, 0.25) is 0 Å².